The molecule has 3 aromatic rings. The van der Waals surface area contributed by atoms with E-state index >= 15 is 8.78 Å². The molecule has 6 aliphatic rings. The molecule has 1 saturated carbocycles. The monoisotopic (exact) mass is 676 g/mol. The summed E-state index contributed by atoms with van der Waals surface area (Å²) in [4.78, 5) is 18.3. The number of hydrogen-bond acceptors (Lipinski definition) is 11. The molecule has 47 heavy (non-hydrogen) atoms. The first-order valence-electron chi connectivity index (χ1n) is 15.5. The van der Waals surface area contributed by atoms with Crippen LogP contribution in [-0.4, -0.2) is 58.2 Å². The summed E-state index contributed by atoms with van der Waals surface area (Å²) in [5, 5.41) is 10.4. The van der Waals surface area contributed by atoms with Gasteiger partial charge in [-0.1, -0.05) is 35.5 Å². The molecule has 10 nitrogen and oxygen atoms in total. The maximum atomic E-state index is 17.2. The third-order valence-electron chi connectivity index (χ3n) is 10.5. The highest BCUT2D eigenvalue weighted by Gasteiger charge is 2.56. The number of anilines is 2. The van der Waals surface area contributed by atoms with E-state index in [-0.39, 0.29) is 66.9 Å². The molecule has 2 aliphatic carbocycles. The second kappa shape index (κ2) is 11.0. The van der Waals surface area contributed by atoms with E-state index in [1.807, 2.05) is 24.0 Å². The molecule has 3 unspecified atom stereocenters. The Morgan fingerprint density at radius 1 is 1.32 bits per heavy atom. The molecule has 0 radical (unpaired) electrons. The summed E-state index contributed by atoms with van der Waals surface area (Å²) in [6.45, 7) is 2.86. The van der Waals surface area contributed by atoms with E-state index in [2.05, 4.69) is 28.0 Å². The van der Waals surface area contributed by atoms with Crippen LogP contribution < -0.4 is 25.8 Å². The van der Waals surface area contributed by atoms with Crippen LogP contribution in [0.4, 0.5) is 20.4 Å². The number of fused-ring (bicyclic) bond motifs is 2. The number of halogens is 3. The summed E-state index contributed by atoms with van der Waals surface area (Å²) >= 11 is 8.05. The molecule has 9 rings (SSSR count). The van der Waals surface area contributed by atoms with Gasteiger partial charge in [0, 0.05) is 40.1 Å². The fourth-order valence-electron chi connectivity index (χ4n) is 7.90. The molecule has 3 fully saturated rings. The average molecular weight is 677 g/mol. The molecule has 242 valence electrons. The summed E-state index contributed by atoms with van der Waals surface area (Å²) in [5.41, 5.74) is 13.2. The van der Waals surface area contributed by atoms with E-state index in [4.69, 9.17) is 37.5 Å². The summed E-state index contributed by atoms with van der Waals surface area (Å²) < 4.78 is 44.8. The number of nitrogen functional groups attached to an aromatic ring is 1. The second-order valence-electron chi connectivity index (χ2n) is 12.7. The summed E-state index contributed by atoms with van der Waals surface area (Å²) in [5.74, 6) is -1.99. The minimum absolute atomic E-state index is 0.0000355. The molecule has 5 atom stereocenters. The van der Waals surface area contributed by atoms with Crippen molar-refractivity contribution >= 4 is 45.9 Å². The van der Waals surface area contributed by atoms with Crippen LogP contribution in [0.2, 0.25) is 5.02 Å². The van der Waals surface area contributed by atoms with Crippen molar-refractivity contribution in [2.24, 2.45) is 11.7 Å². The molecular weight excluding hydrogens is 646 g/mol. The standard InChI is InChI=1S/C33H31ClF2N8O2S/c1-15(17-4-3-9-40-29(17)38)44-10-11-45-27-23-26(41-32(42-31(23)44)46-14-33-8-7-16(12-33)43(33)2)25(36)22(24(27)34)18-5-6-20(35)28-21(18)19(13-37)30(39)47-28/h3-6,9,15-16,18,21H,7-8,10-12,14,39H2,1-2H3,(H2,38,40)/t15-,16?,18?,21?,33-/m1/s1. The highest BCUT2D eigenvalue weighted by Crippen LogP contribution is 2.57. The zero-order valence-corrected chi connectivity index (χ0v) is 27.2. The zero-order valence-electron chi connectivity index (χ0n) is 25.6. The number of likely N-dealkylation sites (N-methyl/N-ethyl adjacent to an activating group) is 1. The van der Waals surface area contributed by atoms with Crippen molar-refractivity contribution in [3.05, 3.63) is 73.8 Å². The minimum Gasteiger partial charge on any atom is -0.489 e. The lowest BCUT2D eigenvalue weighted by atomic mass is 9.78. The van der Waals surface area contributed by atoms with E-state index in [1.54, 1.807) is 6.20 Å². The van der Waals surface area contributed by atoms with E-state index in [0.29, 0.717) is 30.8 Å². The van der Waals surface area contributed by atoms with Gasteiger partial charge in [0.2, 0.25) is 0 Å². The van der Waals surface area contributed by atoms with Gasteiger partial charge in [0.15, 0.2) is 11.6 Å². The van der Waals surface area contributed by atoms with Gasteiger partial charge in [-0.2, -0.15) is 15.2 Å². The predicted octanol–water partition coefficient (Wildman–Crippen LogP) is 5.87. The second-order valence-corrected chi connectivity index (χ2v) is 14.2. The molecule has 0 spiro atoms. The number of nitrogens with zero attached hydrogens (tertiary/aromatic N) is 6. The molecule has 6 heterocycles. The zero-order chi connectivity index (χ0) is 32.8. The Morgan fingerprint density at radius 3 is 2.87 bits per heavy atom. The van der Waals surface area contributed by atoms with Crippen molar-refractivity contribution in [1.29, 1.82) is 5.26 Å². The van der Waals surface area contributed by atoms with Crippen molar-refractivity contribution in [1.82, 2.24) is 19.9 Å². The Kier molecular flexibility index (Phi) is 7.05. The number of ether oxygens (including phenoxy) is 2. The van der Waals surface area contributed by atoms with Crippen LogP contribution >= 0.6 is 23.4 Å². The quantitative estimate of drug-likeness (QED) is 0.324. The Bertz CT molecular complexity index is 2000. The minimum atomic E-state index is -0.848. The van der Waals surface area contributed by atoms with Crippen molar-refractivity contribution in [2.45, 2.75) is 49.7 Å². The van der Waals surface area contributed by atoms with Gasteiger partial charge in [-0.15, -0.1) is 0 Å². The first kappa shape index (κ1) is 30.2. The van der Waals surface area contributed by atoms with Gasteiger partial charge < -0.3 is 25.8 Å². The van der Waals surface area contributed by atoms with Gasteiger partial charge in [-0.25, -0.2) is 13.8 Å². The number of allylic oxidation sites excluding steroid dienone is 5. The van der Waals surface area contributed by atoms with Crippen LogP contribution in [0, 0.1) is 23.1 Å². The number of hydrogen-bond donors (Lipinski definition) is 2. The summed E-state index contributed by atoms with van der Waals surface area (Å²) in [7, 11) is 2.10. The van der Waals surface area contributed by atoms with Crippen molar-refractivity contribution < 1.29 is 18.3 Å². The number of nitrogens with two attached hydrogens (primary N) is 2. The van der Waals surface area contributed by atoms with Gasteiger partial charge in [0.05, 0.1) is 45.2 Å². The first-order valence-corrected chi connectivity index (χ1v) is 16.7. The van der Waals surface area contributed by atoms with Crippen LogP contribution in [0.5, 0.6) is 11.8 Å². The summed E-state index contributed by atoms with van der Waals surface area (Å²) in [6.07, 6.45) is 7.53. The van der Waals surface area contributed by atoms with Gasteiger partial charge in [-0.05, 0) is 45.4 Å². The largest absolute Gasteiger partial charge is 0.489 e. The van der Waals surface area contributed by atoms with Gasteiger partial charge in [0.25, 0.3) is 0 Å². The van der Waals surface area contributed by atoms with Crippen LogP contribution in [0.15, 0.2) is 51.8 Å². The molecule has 4 N–H and O–H groups in total. The Labute approximate surface area is 279 Å². The van der Waals surface area contributed by atoms with E-state index in [0.717, 1.165) is 36.6 Å². The number of nitriles is 1. The SMILES string of the molecule is C[C@H](c1cccnc1N)N1CCOc2c(Cl)c(C3C=CC(F)=C4SC(N)=C(C#N)C43)c(F)c3nc(OC[C@@]45CCC(C4)N5C)nc1c23. The number of aromatic nitrogens is 3. The first-order chi connectivity index (χ1) is 22.6. The topological polar surface area (TPSA) is 139 Å². The molecular formula is C33H31ClF2N8O2S. The lowest BCUT2D eigenvalue weighted by molar-refractivity contribution is -0.0234. The molecule has 0 amide bonds. The van der Waals surface area contributed by atoms with Crippen LogP contribution in [0.3, 0.4) is 0 Å². The van der Waals surface area contributed by atoms with Crippen molar-refractivity contribution in [3.8, 4) is 17.8 Å². The van der Waals surface area contributed by atoms with Crippen LogP contribution in [-0.2, 0) is 0 Å². The molecule has 14 heteroatoms. The Balaban J connectivity index is 1.31. The van der Waals surface area contributed by atoms with E-state index in [1.165, 1.54) is 12.2 Å². The third kappa shape index (κ3) is 4.41. The van der Waals surface area contributed by atoms with Gasteiger partial charge >= 0.3 is 6.01 Å². The molecule has 2 bridgehead atoms. The lowest BCUT2D eigenvalue weighted by Gasteiger charge is -2.48. The molecule has 2 saturated heterocycles. The van der Waals surface area contributed by atoms with Crippen LogP contribution in [0.25, 0.3) is 10.9 Å². The molecule has 1 aromatic carbocycles. The maximum absolute atomic E-state index is 17.2. The Morgan fingerprint density at radius 2 is 2.15 bits per heavy atom. The lowest BCUT2D eigenvalue weighted by Crippen LogP contribution is -2.60. The highest BCUT2D eigenvalue weighted by atomic mass is 35.5. The normalized spacial score (nSPS) is 27.0. The van der Waals surface area contributed by atoms with Crippen molar-refractivity contribution in [3.63, 3.8) is 0 Å². The number of pyridine rings is 1. The van der Waals surface area contributed by atoms with E-state index in [9.17, 15) is 5.26 Å². The molecule has 4 aliphatic heterocycles. The van der Waals surface area contributed by atoms with Crippen LogP contribution in [0.1, 0.15) is 49.3 Å². The third-order valence-corrected chi connectivity index (χ3v) is 12.0. The fourth-order valence-corrected chi connectivity index (χ4v) is 9.33. The number of thioether (sulfide) groups is 1. The van der Waals surface area contributed by atoms with E-state index < -0.39 is 23.5 Å². The Hall–Kier alpha value is -4.12. The maximum Gasteiger partial charge on any atom is 0.319 e. The predicted molar refractivity (Wildman–Crippen MR) is 176 cm³/mol. The molecule has 2 aromatic heterocycles. The van der Waals surface area contributed by atoms with Crippen molar-refractivity contribution in [2.75, 3.05) is 37.4 Å². The highest BCUT2D eigenvalue weighted by molar-refractivity contribution is 8.07. The number of benzene rings is 1. The average Bonchev–Trinajstić information content (AvgIpc) is 3.71. The van der Waals surface area contributed by atoms with Gasteiger partial charge in [0.1, 0.15) is 36.2 Å². The summed E-state index contributed by atoms with van der Waals surface area (Å²) in [6, 6.07) is 6.03. The van der Waals surface area contributed by atoms with Gasteiger partial charge in [-0.3, -0.25) is 4.90 Å². The fraction of sp³-hybridized carbons (Fsp3) is 0.394. The number of rotatable bonds is 6. The smallest absolute Gasteiger partial charge is 0.319 e.